The highest BCUT2D eigenvalue weighted by Crippen LogP contribution is 2.25. The van der Waals surface area contributed by atoms with Gasteiger partial charge >= 0.3 is 0 Å². The summed E-state index contributed by atoms with van der Waals surface area (Å²) in [5.41, 5.74) is 0. The predicted octanol–water partition coefficient (Wildman–Crippen LogP) is -4.11. The van der Waals surface area contributed by atoms with Gasteiger partial charge in [0.05, 0.1) is 0 Å². The molecule has 0 aromatic carbocycles. The maximum atomic E-state index is 11.8. The molecule has 0 aromatic rings. The minimum absolute atomic E-state index is 0.0557. The molecule has 0 heterocycles. The molecular formula is C21H39N4O12P3-6. The van der Waals surface area contributed by atoms with Gasteiger partial charge in [0.15, 0.2) is 0 Å². The third-order valence-corrected chi connectivity index (χ3v) is 8.02. The van der Waals surface area contributed by atoms with Gasteiger partial charge in [-0.05, 0) is 76.6 Å². The van der Waals surface area contributed by atoms with Crippen LogP contribution in [0.2, 0.25) is 0 Å². The number of amides is 3. The summed E-state index contributed by atoms with van der Waals surface area (Å²) in [6.07, 6.45) is -0.547. The first-order valence-electron chi connectivity index (χ1n) is 13.0. The molecule has 3 N–H and O–H groups in total. The third-order valence-electron chi connectivity index (χ3n) is 5.43. The van der Waals surface area contributed by atoms with Gasteiger partial charge in [0.2, 0.25) is 17.7 Å². The van der Waals surface area contributed by atoms with Crippen molar-refractivity contribution >= 4 is 40.5 Å². The van der Waals surface area contributed by atoms with Gasteiger partial charge in [-0.2, -0.15) is 0 Å². The molecule has 0 spiro atoms. The molecule has 0 fully saturated rings. The number of hydrogen-bond donors (Lipinski definition) is 3. The molecule has 0 saturated carbocycles. The van der Waals surface area contributed by atoms with Crippen LogP contribution in [-0.2, 0) is 28.1 Å². The Hall–Kier alpha value is -1.18. The molecule has 0 rings (SSSR count). The Labute approximate surface area is 234 Å². The van der Waals surface area contributed by atoms with Crippen molar-refractivity contribution in [2.75, 3.05) is 57.8 Å². The van der Waals surface area contributed by atoms with Crippen molar-refractivity contribution < 1.29 is 57.4 Å². The summed E-state index contributed by atoms with van der Waals surface area (Å²) < 4.78 is 31.9. The van der Waals surface area contributed by atoms with E-state index in [4.69, 9.17) is 0 Å². The van der Waals surface area contributed by atoms with Crippen molar-refractivity contribution in [1.29, 1.82) is 0 Å². The second kappa shape index (κ2) is 20.7. The lowest BCUT2D eigenvalue weighted by Gasteiger charge is -2.29. The highest BCUT2D eigenvalue weighted by atomic mass is 31.2. The fourth-order valence-corrected chi connectivity index (χ4v) is 5.13. The standard InChI is InChI=1S/C21H45N4O12P3/c26-19(7-1-16-38(29,30)31)22-10-4-13-25(14-5-11-23-20(27)8-2-17-39(32,33)34)15-6-12-24-21(28)9-3-18-40(35,36)37/h1-18H2,(H,22,26)(H,23,27)(H,24,28)(H2,29,30,31)(H2,32,33,34)(H2,35,36,37)/p-6. The monoisotopic (exact) mass is 632 g/mol. The van der Waals surface area contributed by atoms with E-state index in [9.17, 15) is 57.4 Å². The zero-order valence-corrected chi connectivity index (χ0v) is 25.1. The van der Waals surface area contributed by atoms with Crippen molar-refractivity contribution in [3.63, 3.8) is 0 Å². The van der Waals surface area contributed by atoms with E-state index in [0.29, 0.717) is 58.5 Å². The van der Waals surface area contributed by atoms with Crippen LogP contribution < -0.4 is 45.3 Å². The average Bonchev–Trinajstić information content (AvgIpc) is 2.79. The molecule has 0 radical (unpaired) electrons. The van der Waals surface area contributed by atoms with E-state index in [1.54, 1.807) is 0 Å². The van der Waals surface area contributed by atoms with Crippen LogP contribution in [0.1, 0.15) is 57.8 Å². The number of hydrogen-bond acceptors (Lipinski definition) is 13. The predicted molar refractivity (Wildman–Crippen MR) is 134 cm³/mol. The Morgan fingerprint density at radius 3 is 0.950 bits per heavy atom. The largest absolute Gasteiger partial charge is 0.811 e. The van der Waals surface area contributed by atoms with Gasteiger partial charge in [0.1, 0.15) is 0 Å². The minimum atomic E-state index is -4.64. The van der Waals surface area contributed by atoms with Crippen molar-refractivity contribution in [3.8, 4) is 0 Å². The molecule has 0 aromatic heterocycles. The van der Waals surface area contributed by atoms with Crippen molar-refractivity contribution in [3.05, 3.63) is 0 Å². The molecule has 3 amide bonds. The summed E-state index contributed by atoms with van der Waals surface area (Å²) in [5, 5.41) is 7.94. The molecule has 0 aliphatic carbocycles. The number of carbonyl (C=O) groups excluding carboxylic acids is 3. The highest BCUT2D eigenvalue weighted by Gasteiger charge is 2.08. The minimum Gasteiger partial charge on any atom is -0.811 e. The second-order valence-corrected chi connectivity index (χ2v) is 14.3. The summed E-state index contributed by atoms with van der Waals surface area (Å²) in [6, 6.07) is 0. The SMILES string of the molecule is O=C(CCCP(=O)([O-])[O-])NCCCN(CCCNC(=O)CCCP(=O)([O-])[O-])CCCNC(=O)CCCP(=O)([O-])[O-]. The smallest absolute Gasteiger partial charge is 0.220 e. The Morgan fingerprint density at radius 1 is 0.475 bits per heavy atom. The van der Waals surface area contributed by atoms with Crippen LogP contribution in [0.5, 0.6) is 0 Å². The summed E-state index contributed by atoms with van der Waals surface area (Å²) in [4.78, 5) is 101. The van der Waals surface area contributed by atoms with Gasteiger partial charge in [0.25, 0.3) is 0 Å². The van der Waals surface area contributed by atoms with Crippen LogP contribution in [0.15, 0.2) is 0 Å². The van der Waals surface area contributed by atoms with E-state index in [-0.39, 0.29) is 56.2 Å². The Kier molecular flexibility index (Phi) is 20.0. The summed E-state index contributed by atoms with van der Waals surface area (Å²) >= 11 is 0. The Balaban J connectivity index is 4.43. The molecule has 0 saturated heterocycles. The molecule has 0 atom stereocenters. The lowest BCUT2D eigenvalue weighted by molar-refractivity contribution is -0.315. The summed E-state index contributed by atoms with van der Waals surface area (Å²) in [7, 11) is -13.9. The topological polar surface area (TPSA) is 280 Å². The molecule has 40 heavy (non-hydrogen) atoms. The molecule has 0 aliphatic rings. The molecule has 236 valence electrons. The number of nitrogens with one attached hydrogen (secondary N) is 3. The van der Waals surface area contributed by atoms with E-state index >= 15 is 0 Å². The van der Waals surface area contributed by atoms with Gasteiger partial charge in [-0.15, -0.1) is 0 Å². The third kappa shape index (κ3) is 28.4. The van der Waals surface area contributed by atoms with Crippen LogP contribution in [0.25, 0.3) is 0 Å². The molecule has 16 nitrogen and oxygen atoms in total. The van der Waals surface area contributed by atoms with Crippen LogP contribution >= 0.6 is 22.8 Å². The van der Waals surface area contributed by atoms with Gasteiger partial charge in [-0.3, -0.25) is 14.4 Å². The first kappa shape index (κ1) is 38.8. The fourth-order valence-electron chi connectivity index (χ4n) is 3.49. The molecule has 19 heteroatoms. The Bertz CT molecular complexity index is 791. The van der Waals surface area contributed by atoms with Gasteiger partial charge < -0.3 is 63.9 Å². The second-order valence-electron chi connectivity index (χ2n) is 9.27. The zero-order valence-electron chi connectivity index (χ0n) is 22.4. The first-order chi connectivity index (χ1) is 18.5. The van der Waals surface area contributed by atoms with Crippen molar-refractivity contribution in [2.45, 2.75) is 57.8 Å². The van der Waals surface area contributed by atoms with Crippen LogP contribution in [0.3, 0.4) is 0 Å². The maximum Gasteiger partial charge on any atom is 0.220 e. The van der Waals surface area contributed by atoms with Crippen molar-refractivity contribution in [2.24, 2.45) is 0 Å². The zero-order chi connectivity index (χ0) is 30.7. The lowest BCUT2D eigenvalue weighted by atomic mass is 10.2. The number of rotatable bonds is 24. The molecular weight excluding hydrogens is 593 g/mol. The van der Waals surface area contributed by atoms with Gasteiger partial charge in [-0.1, -0.05) is 22.8 Å². The molecule has 0 bridgehead atoms. The van der Waals surface area contributed by atoms with E-state index in [1.807, 2.05) is 4.90 Å². The van der Waals surface area contributed by atoms with E-state index in [2.05, 4.69) is 16.0 Å². The fraction of sp³-hybridized carbons (Fsp3) is 0.857. The van der Waals surface area contributed by atoms with Gasteiger partial charge in [0, 0.05) is 38.9 Å². The molecule has 0 aliphatic heterocycles. The normalized spacial score (nSPS) is 12.4. The first-order valence-corrected chi connectivity index (χ1v) is 18.2. The maximum absolute atomic E-state index is 11.8. The highest BCUT2D eigenvalue weighted by molar-refractivity contribution is 7.49. The number of nitrogens with zero attached hydrogens (tertiary/aromatic N) is 1. The van der Waals surface area contributed by atoms with Crippen LogP contribution in [-0.4, -0.2) is 80.4 Å². The summed E-state index contributed by atoms with van der Waals surface area (Å²) in [5.74, 6) is -1.12. The van der Waals surface area contributed by atoms with E-state index in [1.165, 1.54) is 0 Å². The van der Waals surface area contributed by atoms with Crippen LogP contribution in [0.4, 0.5) is 0 Å². The number of carbonyl (C=O) groups is 3. The summed E-state index contributed by atoms with van der Waals surface area (Å²) in [6.45, 7) is 2.56. The van der Waals surface area contributed by atoms with Crippen LogP contribution in [0, 0.1) is 0 Å². The quantitative estimate of drug-likeness (QED) is 0.0674. The molecule has 0 unspecified atom stereocenters. The average molecular weight is 632 g/mol. The van der Waals surface area contributed by atoms with Crippen molar-refractivity contribution in [1.82, 2.24) is 20.9 Å². The van der Waals surface area contributed by atoms with E-state index < -0.39 is 41.3 Å². The van der Waals surface area contributed by atoms with E-state index in [0.717, 1.165) is 0 Å². The lowest BCUT2D eigenvalue weighted by Crippen LogP contribution is -2.35. The Morgan fingerprint density at radius 2 is 0.725 bits per heavy atom. The van der Waals surface area contributed by atoms with Gasteiger partial charge in [-0.25, -0.2) is 0 Å².